The zero-order valence-electron chi connectivity index (χ0n) is 21.1. The predicted molar refractivity (Wildman–Crippen MR) is 139 cm³/mol. The fourth-order valence-electron chi connectivity index (χ4n) is 5.32. The molecule has 4 rings (SSSR count). The Morgan fingerprint density at radius 3 is 2.03 bits per heavy atom. The lowest BCUT2D eigenvalue weighted by atomic mass is 9.73. The summed E-state index contributed by atoms with van der Waals surface area (Å²) in [5.74, 6) is -1.89. The van der Waals surface area contributed by atoms with Gasteiger partial charge in [-0.1, -0.05) is 42.5 Å². The van der Waals surface area contributed by atoms with Gasteiger partial charge in [0.2, 0.25) is 15.9 Å². The van der Waals surface area contributed by atoms with Crippen molar-refractivity contribution in [1.82, 2.24) is 4.31 Å². The standard InChI is InChI=1S/C29H30F4N2O3S/c30-25-16-8-21(9-17-25)19-35(39(37,38)26-4-2-1-3-5-26)18-20-6-10-22(11-7-20)27(28(34)36)23-12-14-24(15-13-23)29(31,32)33/h1-5,8-9,12-17,20,22,27H,6-7,10-11,18-19H2,(H2,34,36). The fraction of sp³-hybridized carbons (Fsp3) is 0.345. The van der Waals surface area contributed by atoms with Gasteiger partial charge in [0.1, 0.15) is 5.82 Å². The Bertz CT molecular complexity index is 1350. The summed E-state index contributed by atoms with van der Waals surface area (Å²) < 4.78 is 80.8. The number of nitrogens with zero attached hydrogens (tertiary/aromatic N) is 1. The average Bonchev–Trinajstić information content (AvgIpc) is 2.90. The van der Waals surface area contributed by atoms with Gasteiger partial charge in [0, 0.05) is 13.1 Å². The van der Waals surface area contributed by atoms with Gasteiger partial charge in [-0.05, 0) is 85.0 Å². The summed E-state index contributed by atoms with van der Waals surface area (Å²) >= 11 is 0. The third-order valence-electron chi connectivity index (χ3n) is 7.38. The SMILES string of the molecule is NC(=O)C(c1ccc(C(F)(F)F)cc1)C1CCC(CN(Cc2ccc(F)cc2)S(=O)(=O)c2ccccc2)CC1. The van der Waals surface area contributed by atoms with Crippen LogP contribution in [0.2, 0.25) is 0 Å². The van der Waals surface area contributed by atoms with Crippen molar-refractivity contribution < 1.29 is 30.8 Å². The van der Waals surface area contributed by atoms with E-state index in [2.05, 4.69) is 0 Å². The van der Waals surface area contributed by atoms with Gasteiger partial charge in [-0.15, -0.1) is 0 Å². The molecule has 1 aliphatic carbocycles. The van der Waals surface area contributed by atoms with E-state index >= 15 is 0 Å². The van der Waals surface area contributed by atoms with E-state index in [0.29, 0.717) is 36.8 Å². The molecule has 3 aromatic carbocycles. The minimum absolute atomic E-state index is 0.00122. The highest BCUT2D eigenvalue weighted by atomic mass is 32.2. The first-order valence-electron chi connectivity index (χ1n) is 12.7. The van der Waals surface area contributed by atoms with Crippen LogP contribution >= 0.6 is 0 Å². The highest BCUT2D eigenvalue weighted by Gasteiger charge is 2.36. The molecule has 1 aliphatic rings. The number of benzene rings is 3. The molecule has 0 radical (unpaired) electrons. The van der Waals surface area contributed by atoms with Crippen molar-refractivity contribution in [2.75, 3.05) is 6.54 Å². The van der Waals surface area contributed by atoms with Crippen LogP contribution < -0.4 is 5.73 Å². The van der Waals surface area contributed by atoms with Crippen LogP contribution in [0.1, 0.15) is 48.3 Å². The van der Waals surface area contributed by atoms with E-state index in [0.717, 1.165) is 12.1 Å². The maximum atomic E-state index is 13.5. The molecule has 1 saturated carbocycles. The Balaban J connectivity index is 1.49. The highest BCUT2D eigenvalue weighted by Crippen LogP contribution is 2.40. The molecule has 1 atom stereocenters. The Morgan fingerprint density at radius 2 is 1.49 bits per heavy atom. The lowest BCUT2D eigenvalue weighted by molar-refractivity contribution is -0.137. The number of hydrogen-bond acceptors (Lipinski definition) is 3. The number of primary amides is 1. The van der Waals surface area contributed by atoms with Crippen LogP contribution in [-0.2, 0) is 27.5 Å². The first-order valence-corrected chi connectivity index (χ1v) is 14.2. The van der Waals surface area contributed by atoms with Gasteiger partial charge in [-0.25, -0.2) is 12.8 Å². The molecule has 0 bridgehead atoms. The molecule has 10 heteroatoms. The van der Waals surface area contributed by atoms with Crippen molar-refractivity contribution >= 4 is 15.9 Å². The quantitative estimate of drug-likeness (QED) is 0.320. The molecule has 1 amide bonds. The van der Waals surface area contributed by atoms with Gasteiger partial charge in [0.15, 0.2) is 0 Å². The largest absolute Gasteiger partial charge is 0.416 e. The second kappa shape index (κ2) is 11.9. The smallest absolute Gasteiger partial charge is 0.369 e. The second-order valence-corrected chi connectivity index (χ2v) is 12.0. The molecule has 208 valence electrons. The van der Waals surface area contributed by atoms with E-state index in [9.17, 15) is 30.8 Å². The predicted octanol–water partition coefficient (Wildman–Crippen LogP) is 6.11. The summed E-state index contributed by atoms with van der Waals surface area (Å²) in [6.45, 7) is 0.315. The molecule has 0 aromatic heterocycles. The van der Waals surface area contributed by atoms with Crippen LogP contribution in [0, 0.1) is 17.7 Å². The van der Waals surface area contributed by atoms with E-state index < -0.39 is 39.4 Å². The van der Waals surface area contributed by atoms with Crippen LogP contribution in [0.5, 0.6) is 0 Å². The summed E-state index contributed by atoms with van der Waals surface area (Å²) in [5, 5.41) is 0. The molecule has 1 fully saturated rings. The highest BCUT2D eigenvalue weighted by molar-refractivity contribution is 7.89. The number of amides is 1. The topological polar surface area (TPSA) is 80.5 Å². The fourth-order valence-corrected chi connectivity index (χ4v) is 6.85. The Morgan fingerprint density at radius 1 is 0.897 bits per heavy atom. The van der Waals surface area contributed by atoms with E-state index in [1.54, 1.807) is 30.3 Å². The first kappa shape index (κ1) is 28.8. The van der Waals surface area contributed by atoms with Crippen LogP contribution in [-0.4, -0.2) is 25.2 Å². The Labute approximate surface area is 225 Å². The van der Waals surface area contributed by atoms with Gasteiger partial charge in [-0.2, -0.15) is 17.5 Å². The zero-order chi connectivity index (χ0) is 28.2. The number of alkyl halides is 3. The van der Waals surface area contributed by atoms with Crippen molar-refractivity contribution in [3.05, 3.63) is 101 Å². The Hall–Kier alpha value is -3.24. The molecule has 0 spiro atoms. The summed E-state index contributed by atoms with van der Waals surface area (Å²) in [5.41, 5.74) is 5.99. The minimum Gasteiger partial charge on any atom is -0.369 e. The molecule has 5 nitrogen and oxygen atoms in total. The lowest BCUT2D eigenvalue weighted by Gasteiger charge is -2.35. The number of nitrogens with two attached hydrogens (primary N) is 1. The third-order valence-corrected chi connectivity index (χ3v) is 9.21. The Kier molecular flexibility index (Phi) is 8.76. The van der Waals surface area contributed by atoms with Crippen LogP contribution in [0.15, 0.2) is 83.8 Å². The lowest BCUT2D eigenvalue weighted by Crippen LogP contribution is -2.37. The van der Waals surface area contributed by atoms with Gasteiger partial charge in [-0.3, -0.25) is 4.79 Å². The van der Waals surface area contributed by atoms with Gasteiger partial charge < -0.3 is 5.73 Å². The average molecular weight is 563 g/mol. The molecular weight excluding hydrogens is 532 g/mol. The second-order valence-electron chi connectivity index (χ2n) is 10.0. The number of halogens is 4. The normalized spacial score (nSPS) is 19.1. The van der Waals surface area contributed by atoms with Crippen molar-refractivity contribution in [2.45, 2.75) is 49.2 Å². The van der Waals surface area contributed by atoms with Crippen LogP contribution in [0.4, 0.5) is 17.6 Å². The van der Waals surface area contributed by atoms with Crippen LogP contribution in [0.3, 0.4) is 0 Å². The van der Waals surface area contributed by atoms with Crippen molar-refractivity contribution in [3.63, 3.8) is 0 Å². The third kappa shape index (κ3) is 7.05. The molecule has 0 aliphatic heterocycles. The molecule has 2 N–H and O–H groups in total. The summed E-state index contributed by atoms with van der Waals surface area (Å²) in [4.78, 5) is 12.5. The number of hydrogen-bond donors (Lipinski definition) is 1. The van der Waals surface area contributed by atoms with Gasteiger partial charge >= 0.3 is 6.18 Å². The van der Waals surface area contributed by atoms with Crippen LogP contribution in [0.25, 0.3) is 0 Å². The van der Waals surface area contributed by atoms with Crippen molar-refractivity contribution in [1.29, 1.82) is 0 Å². The van der Waals surface area contributed by atoms with E-state index in [-0.39, 0.29) is 29.8 Å². The summed E-state index contributed by atoms with van der Waals surface area (Å²) in [6.07, 6.45) is -2.07. The van der Waals surface area contributed by atoms with Crippen molar-refractivity contribution in [3.8, 4) is 0 Å². The molecule has 1 unspecified atom stereocenters. The maximum Gasteiger partial charge on any atom is 0.416 e. The molecule has 0 heterocycles. The molecule has 0 saturated heterocycles. The number of carbonyl (C=O) groups excluding carboxylic acids is 1. The van der Waals surface area contributed by atoms with E-state index in [1.165, 1.54) is 40.7 Å². The number of carbonyl (C=O) groups is 1. The van der Waals surface area contributed by atoms with E-state index in [4.69, 9.17) is 5.73 Å². The monoisotopic (exact) mass is 562 g/mol. The van der Waals surface area contributed by atoms with Gasteiger partial charge in [0.25, 0.3) is 0 Å². The number of rotatable bonds is 9. The molecule has 3 aromatic rings. The molecule has 39 heavy (non-hydrogen) atoms. The number of sulfonamides is 1. The zero-order valence-corrected chi connectivity index (χ0v) is 22.0. The minimum atomic E-state index is -4.47. The molecular formula is C29H30F4N2O3S. The van der Waals surface area contributed by atoms with Gasteiger partial charge in [0.05, 0.1) is 16.4 Å². The maximum absolute atomic E-state index is 13.5. The first-order chi connectivity index (χ1) is 18.4. The summed E-state index contributed by atoms with van der Waals surface area (Å²) in [7, 11) is -3.84. The van der Waals surface area contributed by atoms with E-state index in [1.807, 2.05) is 0 Å². The van der Waals surface area contributed by atoms with Crippen molar-refractivity contribution in [2.24, 2.45) is 17.6 Å². The summed E-state index contributed by atoms with van der Waals surface area (Å²) in [6, 6.07) is 18.3.